The summed E-state index contributed by atoms with van der Waals surface area (Å²) in [4.78, 5) is 0. The molecule has 100 valence electrons. The molecule has 0 saturated carbocycles. The van der Waals surface area contributed by atoms with Crippen LogP contribution < -0.4 is 0 Å². The van der Waals surface area contributed by atoms with Crippen molar-refractivity contribution < 1.29 is 4.74 Å². The highest BCUT2D eigenvalue weighted by atomic mass is 16.5. The SMILES string of the molecule is CC(C)=C[C@H](C(C)C)[C@H](C)OCc1ccccc1. The van der Waals surface area contributed by atoms with Gasteiger partial charge in [-0.3, -0.25) is 0 Å². The Morgan fingerprint density at radius 2 is 1.72 bits per heavy atom. The number of benzene rings is 1. The zero-order valence-corrected chi connectivity index (χ0v) is 12.3. The second-order valence-electron chi connectivity index (χ2n) is 5.57. The molecule has 0 saturated heterocycles. The first-order valence-corrected chi connectivity index (χ1v) is 6.81. The van der Waals surface area contributed by atoms with Crippen LogP contribution in [0.2, 0.25) is 0 Å². The van der Waals surface area contributed by atoms with Crippen molar-refractivity contribution in [1.29, 1.82) is 0 Å². The van der Waals surface area contributed by atoms with E-state index in [9.17, 15) is 0 Å². The van der Waals surface area contributed by atoms with E-state index in [1.54, 1.807) is 0 Å². The predicted molar refractivity (Wildman–Crippen MR) is 78.5 cm³/mol. The summed E-state index contributed by atoms with van der Waals surface area (Å²) in [6, 6.07) is 10.4. The van der Waals surface area contributed by atoms with E-state index in [0.29, 0.717) is 18.4 Å². The van der Waals surface area contributed by atoms with Crippen molar-refractivity contribution in [1.82, 2.24) is 0 Å². The lowest BCUT2D eigenvalue weighted by atomic mass is 9.89. The van der Waals surface area contributed by atoms with Crippen LogP contribution in [0.15, 0.2) is 42.0 Å². The van der Waals surface area contributed by atoms with Gasteiger partial charge in [0.15, 0.2) is 0 Å². The largest absolute Gasteiger partial charge is 0.373 e. The number of allylic oxidation sites excluding steroid dienone is 1. The Morgan fingerprint density at radius 3 is 2.22 bits per heavy atom. The fourth-order valence-corrected chi connectivity index (χ4v) is 2.17. The van der Waals surface area contributed by atoms with Gasteiger partial charge >= 0.3 is 0 Å². The van der Waals surface area contributed by atoms with Gasteiger partial charge in [-0.2, -0.15) is 0 Å². The van der Waals surface area contributed by atoms with Crippen LogP contribution in [0.25, 0.3) is 0 Å². The first kappa shape index (κ1) is 15.0. The molecule has 0 N–H and O–H groups in total. The molecule has 1 nitrogen and oxygen atoms in total. The molecule has 0 aliphatic carbocycles. The Morgan fingerprint density at radius 1 is 1.11 bits per heavy atom. The number of hydrogen-bond acceptors (Lipinski definition) is 1. The Kier molecular flexibility index (Phi) is 6.14. The molecule has 2 atom stereocenters. The fraction of sp³-hybridized carbons (Fsp3) is 0.529. The van der Waals surface area contributed by atoms with Gasteiger partial charge < -0.3 is 4.74 Å². The van der Waals surface area contributed by atoms with Crippen LogP contribution in [-0.4, -0.2) is 6.10 Å². The summed E-state index contributed by atoms with van der Waals surface area (Å²) in [5, 5.41) is 0. The van der Waals surface area contributed by atoms with Crippen LogP contribution in [0.1, 0.15) is 40.2 Å². The summed E-state index contributed by atoms with van der Waals surface area (Å²) in [6.07, 6.45) is 2.58. The van der Waals surface area contributed by atoms with Gasteiger partial charge in [-0.25, -0.2) is 0 Å². The third-order valence-corrected chi connectivity index (χ3v) is 3.19. The second-order valence-corrected chi connectivity index (χ2v) is 5.57. The van der Waals surface area contributed by atoms with E-state index in [1.807, 2.05) is 6.07 Å². The van der Waals surface area contributed by atoms with Gasteiger partial charge in [0.25, 0.3) is 0 Å². The average Bonchev–Trinajstić information content (AvgIpc) is 2.34. The van der Waals surface area contributed by atoms with Crippen molar-refractivity contribution in [3.8, 4) is 0 Å². The monoisotopic (exact) mass is 246 g/mol. The van der Waals surface area contributed by atoms with Crippen LogP contribution in [0.3, 0.4) is 0 Å². The normalized spacial score (nSPS) is 14.3. The zero-order chi connectivity index (χ0) is 13.5. The van der Waals surface area contributed by atoms with E-state index >= 15 is 0 Å². The molecule has 0 fully saturated rings. The minimum atomic E-state index is 0.250. The molecule has 0 heterocycles. The van der Waals surface area contributed by atoms with Crippen molar-refractivity contribution in [2.24, 2.45) is 11.8 Å². The summed E-state index contributed by atoms with van der Waals surface area (Å²) in [6.45, 7) is 11.7. The zero-order valence-electron chi connectivity index (χ0n) is 12.3. The molecule has 0 aliphatic rings. The molecule has 0 aliphatic heterocycles. The lowest BCUT2D eigenvalue weighted by Gasteiger charge is -2.25. The Balaban J connectivity index is 2.57. The predicted octanol–water partition coefficient (Wildman–Crippen LogP) is 4.83. The van der Waals surface area contributed by atoms with Gasteiger partial charge in [0.2, 0.25) is 0 Å². The molecule has 0 radical (unpaired) electrons. The van der Waals surface area contributed by atoms with Crippen molar-refractivity contribution in [3.63, 3.8) is 0 Å². The maximum Gasteiger partial charge on any atom is 0.0720 e. The summed E-state index contributed by atoms with van der Waals surface area (Å²) < 4.78 is 6.01. The lowest BCUT2D eigenvalue weighted by molar-refractivity contribution is 0.0142. The highest BCUT2D eigenvalue weighted by Gasteiger charge is 2.19. The van der Waals surface area contributed by atoms with Gasteiger partial charge in [-0.1, -0.05) is 55.8 Å². The Labute approximate surface area is 112 Å². The molecule has 0 amide bonds. The van der Waals surface area contributed by atoms with Crippen LogP contribution in [-0.2, 0) is 11.3 Å². The van der Waals surface area contributed by atoms with Crippen LogP contribution >= 0.6 is 0 Å². The average molecular weight is 246 g/mol. The first-order chi connectivity index (χ1) is 8.50. The molecule has 0 spiro atoms. The van der Waals surface area contributed by atoms with E-state index in [1.165, 1.54) is 11.1 Å². The van der Waals surface area contributed by atoms with Crippen molar-refractivity contribution >= 4 is 0 Å². The molecular weight excluding hydrogens is 220 g/mol. The molecule has 1 aromatic carbocycles. The topological polar surface area (TPSA) is 9.23 Å². The number of rotatable bonds is 6. The van der Waals surface area contributed by atoms with E-state index in [4.69, 9.17) is 4.74 Å². The summed E-state index contributed by atoms with van der Waals surface area (Å²) >= 11 is 0. The Hall–Kier alpha value is -1.08. The highest BCUT2D eigenvalue weighted by Crippen LogP contribution is 2.22. The van der Waals surface area contributed by atoms with Crippen LogP contribution in [0.5, 0.6) is 0 Å². The Bertz CT molecular complexity index is 360. The minimum Gasteiger partial charge on any atom is -0.373 e. The third kappa shape index (κ3) is 5.05. The highest BCUT2D eigenvalue weighted by molar-refractivity contribution is 5.13. The van der Waals surface area contributed by atoms with Crippen molar-refractivity contribution in [3.05, 3.63) is 47.5 Å². The van der Waals surface area contributed by atoms with Gasteiger partial charge in [-0.05, 0) is 32.3 Å². The van der Waals surface area contributed by atoms with Crippen LogP contribution in [0.4, 0.5) is 0 Å². The van der Waals surface area contributed by atoms with Crippen molar-refractivity contribution in [2.45, 2.75) is 47.3 Å². The molecule has 1 rings (SSSR count). The van der Waals surface area contributed by atoms with E-state index in [-0.39, 0.29) is 6.10 Å². The fourth-order valence-electron chi connectivity index (χ4n) is 2.17. The molecule has 0 bridgehead atoms. The van der Waals surface area contributed by atoms with Gasteiger partial charge in [0, 0.05) is 5.92 Å². The molecule has 0 unspecified atom stereocenters. The molecular formula is C17H26O. The van der Waals surface area contributed by atoms with Crippen molar-refractivity contribution in [2.75, 3.05) is 0 Å². The smallest absolute Gasteiger partial charge is 0.0720 e. The van der Waals surface area contributed by atoms with Crippen LogP contribution in [0, 0.1) is 11.8 Å². The van der Waals surface area contributed by atoms with Gasteiger partial charge in [0.1, 0.15) is 0 Å². The summed E-state index contributed by atoms with van der Waals surface area (Å²) in [5.74, 6) is 1.09. The molecule has 0 aromatic heterocycles. The standard InChI is InChI=1S/C17H26O/c1-13(2)11-17(14(3)4)15(5)18-12-16-9-7-6-8-10-16/h6-11,14-15,17H,12H2,1-5H3/t15-,17+/m0/s1. The van der Waals surface area contributed by atoms with E-state index < -0.39 is 0 Å². The quantitative estimate of drug-likeness (QED) is 0.653. The second kappa shape index (κ2) is 7.38. The number of hydrogen-bond donors (Lipinski definition) is 0. The minimum absolute atomic E-state index is 0.250. The third-order valence-electron chi connectivity index (χ3n) is 3.19. The van der Waals surface area contributed by atoms with Gasteiger partial charge in [-0.15, -0.1) is 0 Å². The maximum atomic E-state index is 6.01. The molecule has 1 aromatic rings. The molecule has 1 heteroatoms. The summed E-state index contributed by atoms with van der Waals surface area (Å²) in [5.41, 5.74) is 2.60. The number of ether oxygens (including phenoxy) is 1. The lowest BCUT2D eigenvalue weighted by Crippen LogP contribution is -2.24. The first-order valence-electron chi connectivity index (χ1n) is 6.81. The van der Waals surface area contributed by atoms with E-state index in [2.05, 4.69) is 65.0 Å². The molecule has 18 heavy (non-hydrogen) atoms. The van der Waals surface area contributed by atoms with E-state index in [0.717, 1.165) is 0 Å². The maximum absolute atomic E-state index is 6.01. The summed E-state index contributed by atoms with van der Waals surface area (Å²) in [7, 11) is 0. The van der Waals surface area contributed by atoms with Gasteiger partial charge in [0.05, 0.1) is 12.7 Å².